The zero-order chi connectivity index (χ0) is 20.1. The number of urea groups is 1. The van der Waals surface area contributed by atoms with Crippen molar-refractivity contribution in [2.45, 2.75) is 45.8 Å². The fraction of sp³-hybridized carbons (Fsp3) is 0.474. The summed E-state index contributed by atoms with van der Waals surface area (Å²) >= 11 is 3.52. The predicted octanol–water partition coefficient (Wildman–Crippen LogP) is 3.83. The number of ether oxygens (including phenoxy) is 3. The van der Waals surface area contributed by atoms with Gasteiger partial charge in [-0.05, 0) is 47.8 Å². The first kappa shape index (κ1) is 21.1. The minimum Gasteiger partial charge on any atom is -0.493 e. The number of benzene rings is 1. The summed E-state index contributed by atoms with van der Waals surface area (Å²) in [4.78, 5) is 25.1. The fourth-order valence-electron chi connectivity index (χ4n) is 2.94. The molecule has 27 heavy (non-hydrogen) atoms. The van der Waals surface area contributed by atoms with E-state index in [9.17, 15) is 9.59 Å². The molecule has 148 valence electrons. The molecule has 0 bridgehead atoms. The lowest BCUT2D eigenvalue weighted by Crippen LogP contribution is -2.46. The van der Waals surface area contributed by atoms with Crippen molar-refractivity contribution >= 4 is 27.9 Å². The molecule has 0 aromatic heterocycles. The molecule has 2 N–H and O–H groups in total. The Morgan fingerprint density at radius 3 is 2.52 bits per heavy atom. The molecule has 0 aliphatic carbocycles. The Morgan fingerprint density at radius 2 is 1.96 bits per heavy atom. The van der Waals surface area contributed by atoms with Crippen LogP contribution in [0.2, 0.25) is 0 Å². The van der Waals surface area contributed by atoms with Gasteiger partial charge in [0.05, 0.1) is 36.4 Å². The lowest BCUT2D eigenvalue weighted by atomic mass is 9.93. The summed E-state index contributed by atoms with van der Waals surface area (Å²) in [6.07, 6.45) is 1.05. The van der Waals surface area contributed by atoms with Crippen molar-refractivity contribution in [3.8, 4) is 11.5 Å². The first-order chi connectivity index (χ1) is 12.8. The van der Waals surface area contributed by atoms with Crippen LogP contribution in [0, 0.1) is 0 Å². The minimum atomic E-state index is -0.680. The van der Waals surface area contributed by atoms with Crippen molar-refractivity contribution in [3.63, 3.8) is 0 Å². The third-order valence-corrected chi connectivity index (χ3v) is 4.86. The lowest BCUT2D eigenvalue weighted by Gasteiger charge is -2.30. The van der Waals surface area contributed by atoms with E-state index in [2.05, 4.69) is 26.6 Å². The van der Waals surface area contributed by atoms with Crippen LogP contribution in [0.1, 0.15) is 45.2 Å². The van der Waals surface area contributed by atoms with Crippen molar-refractivity contribution in [3.05, 3.63) is 33.4 Å². The molecule has 0 spiro atoms. The monoisotopic (exact) mass is 440 g/mol. The van der Waals surface area contributed by atoms with Crippen LogP contribution in [-0.2, 0) is 9.53 Å². The SMILES string of the molecule is CCCC1=C(C(=O)OC(C)C)C(c2ccc(OC)c(OC)c2Br)NC(=O)N1. The Bertz CT molecular complexity index is 761. The molecule has 1 aliphatic rings. The van der Waals surface area contributed by atoms with Crippen LogP contribution in [0.3, 0.4) is 0 Å². The van der Waals surface area contributed by atoms with Crippen molar-refractivity contribution in [1.82, 2.24) is 10.6 Å². The zero-order valence-electron chi connectivity index (χ0n) is 16.1. The van der Waals surface area contributed by atoms with Crippen LogP contribution < -0.4 is 20.1 Å². The smallest absolute Gasteiger partial charge is 0.338 e. The molecule has 1 aliphatic heterocycles. The number of esters is 1. The number of hydrogen-bond donors (Lipinski definition) is 2. The molecule has 1 atom stereocenters. The van der Waals surface area contributed by atoms with Crippen molar-refractivity contribution < 1.29 is 23.8 Å². The largest absolute Gasteiger partial charge is 0.493 e. The van der Waals surface area contributed by atoms with Gasteiger partial charge < -0.3 is 24.8 Å². The Kier molecular flexibility index (Phi) is 7.12. The summed E-state index contributed by atoms with van der Waals surface area (Å²) in [7, 11) is 3.07. The number of amides is 2. The van der Waals surface area contributed by atoms with Crippen LogP contribution in [0.15, 0.2) is 27.9 Å². The van der Waals surface area contributed by atoms with Crippen LogP contribution >= 0.6 is 15.9 Å². The van der Waals surface area contributed by atoms with Crippen molar-refractivity contribution in [1.29, 1.82) is 0 Å². The maximum atomic E-state index is 12.8. The number of carbonyl (C=O) groups is 2. The molecule has 2 amide bonds. The summed E-state index contributed by atoms with van der Waals surface area (Å²) in [5.74, 6) is 0.557. The van der Waals surface area contributed by atoms with Crippen LogP contribution in [-0.4, -0.2) is 32.3 Å². The molecule has 8 heteroatoms. The van der Waals surface area contributed by atoms with E-state index in [1.807, 2.05) is 6.92 Å². The summed E-state index contributed by atoms with van der Waals surface area (Å²) in [6.45, 7) is 5.55. The molecule has 0 radical (unpaired) electrons. The van der Waals surface area contributed by atoms with Gasteiger partial charge >= 0.3 is 12.0 Å². The molecule has 1 aromatic carbocycles. The van der Waals surface area contributed by atoms with Crippen LogP contribution in [0.25, 0.3) is 0 Å². The zero-order valence-corrected chi connectivity index (χ0v) is 17.7. The average Bonchev–Trinajstić information content (AvgIpc) is 2.60. The van der Waals surface area contributed by atoms with Gasteiger partial charge in [-0.25, -0.2) is 9.59 Å². The highest BCUT2D eigenvalue weighted by atomic mass is 79.9. The quantitative estimate of drug-likeness (QED) is 0.629. The van der Waals surface area contributed by atoms with Gasteiger partial charge in [0.1, 0.15) is 0 Å². The van der Waals surface area contributed by atoms with Crippen LogP contribution in [0.4, 0.5) is 4.79 Å². The highest BCUT2D eigenvalue weighted by Crippen LogP contribution is 2.42. The summed E-state index contributed by atoms with van der Waals surface area (Å²) < 4.78 is 16.8. The molecule has 0 saturated carbocycles. The normalized spacial score (nSPS) is 16.7. The van der Waals surface area contributed by atoms with E-state index in [0.29, 0.717) is 39.2 Å². The van der Waals surface area contributed by atoms with Crippen molar-refractivity contribution in [2.24, 2.45) is 0 Å². The van der Waals surface area contributed by atoms with Gasteiger partial charge in [0.25, 0.3) is 0 Å². The number of carbonyl (C=O) groups excluding carboxylic acids is 2. The molecule has 1 unspecified atom stereocenters. The molecule has 1 heterocycles. The van der Waals surface area contributed by atoms with Gasteiger partial charge in [-0.3, -0.25) is 0 Å². The summed E-state index contributed by atoms with van der Waals surface area (Å²) in [5, 5.41) is 5.57. The Morgan fingerprint density at radius 1 is 1.26 bits per heavy atom. The van der Waals surface area contributed by atoms with Crippen molar-refractivity contribution in [2.75, 3.05) is 14.2 Å². The van der Waals surface area contributed by atoms with Gasteiger partial charge in [0.2, 0.25) is 0 Å². The first-order valence-corrected chi connectivity index (χ1v) is 9.55. The Labute approximate surface area is 167 Å². The summed E-state index contributed by atoms with van der Waals surface area (Å²) in [5.41, 5.74) is 1.63. The van der Waals surface area contributed by atoms with E-state index in [1.54, 1.807) is 33.1 Å². The molecular formula is C19H25BrN2O5. The highest BCUT2D eigenvalue weighted by molar-refractivity contribution is 9.10. The third-order valence-electron chi connectivity index (χ3n) is 4.04. The van der Waals surface area contributed by atoms with Gasteiger partial charge in [-0.1, -0.05) is 19.4 Å². The molecule has 1 aromatic rings. The lowest BCUT2D eigenvalue weighted by molar-refractivity contribution is -0.143. The topological polar surface area (TPSA) is 85.9 Å². The second-order valence-corrected chi connectivity index (χ2v) is 7.13. The van der Waals surface area contributed by atoms with E-state index in [0.717, 1.165) is 6.42 Å². The second-order valence-electron chi connectivity index (χ2n) is 6.33. The standard InChI is InChI=1S/C19H25BrN2O5/c1-6-7-12-14(18(23)27-10(2)3)16(22-19(24)21-12)11-8-9-13(25-4)17(26-5)15(11)20/h8-10,16H,6-7H2,1-5H3,(H2,21,22,24). The minimum absolute atomic E-state index is 0.278. The molecule has 0 saturated heterocycles. The van der Waals surface area contributed by atoms with E-state index in [4.69, 9.17) is 14.2 Å². The number of hydrogen-bond acceptors (Lipinski definition) is 5. The number of allylic oxidation sites excluding steroid dienone is 1. The Balaban J connectivity index is 2.62. The van der Waals surface area contributed by atoms with Gasteiger partial charge in [-0.2, -0.15) is 0 Å². The number of rotatable bonds is 7. The highest BCUT2D eigenvalue weighted by Gasteiger charge is 2.35. The van der Waals surface area contributed by atoms with E-state index >= 15 is 0 Å². The van der Waals surface area contributed by atoms with E-state index in [-0.39, 0.29) is 12.1 Å². The average molecular weight is 441 g/mol. The maximum absolute atomic E-state index is 12.8. The summed E-state index contributed by atoms with van der Waals surface area (Å²) in [6, 6.07) is 2.47. The first-order valence-electron chi connectivity index (χ1n) is 8.75. The van der Waals surface area contributed by atoms with E-state index < -0.39 is 12.0 Å². The number of halogens is 1. The Hall–Kier alpha value is -2.22. The van der Waals surface area contributed by atoms with E-state index in [1.165, 1.54) is 7.11 Å². The molecule has 0 fully saturated rings. The fourth-order valence-corrected chi connectivity index (χ4v) is 3.66. The van der Waals surface area contributed by atoms with Crippen LogP contribution in [0.5, 0.6) is 11.5 Å². The number of nitrogens with one attached hydrogen (secondary N) is 2. The predicted molar refractivity (Wildman–Crippen MR) is 105 cm³/mol. The van der Waals surface area contributed by atoms with Gasteiger partial charge in [-0.15, -0.1) is 0 Å². The number of methoxy groups -OCH3 is 2. The third kappa shape index (κ3) is 4.55. The molecule has 2 rings (SSSR count). The molecule has 7 nitrogen and oxygen atoms in total. The van der Waals surface area contributed by atoms with Gasteiger partial charge in [0, 0.05) is 5.70 Å². The van der Waals surface area contributed by atoms with Gasteiger partial charge in [0.15, 0.2) is 11.5 Å². The second kappa shape index (κ2) is 9.12. The molecular weight excluding hydrogens is 416 g/mol. The maximum Gasteiger partial charge on any atom is 0.338 e.